The Morgan fingerprint density at radius 2 is 1.71 bits per heavy atom. The van der Waals surface area contributed by atoms with Gasteiger partial charge in [0.05, 0.1) is 13.2 Å². The first kappa shape index (κ1) is 21.8. The van der Waals surface area contributed by atoms with Gasteiger partial charge >= 0.3 is 5.97 Å². The number of benzene rings is 2. The first-order valence-electron chi connectivity index (χ1n) is 10.1. The van der Waals surface area contributed by atoms with Gasteiger partial charge in [0.1, 0.15) is 5.69 Å². The molecular formula is C25H25N3O3. The highest BCUT2D eigenvalue weighted by atomic mass is 16.5. The molecule has 6 nitrogen and oxygen atoms in total. The van der Waals surface area contributed by atoms with Crippen LogP contribution in [0, 0.1) is 6.57 Å². The van der Waals surface area contributed by atoms with Crippen molar-refractivity contribution in [1.82, 2.24) is 4.57 Å². The quantitative estimate of drug-likeness (QED) is 0.408. The summed E-state index contributed by atoms with van der Waals surface area (Å²) in [6.07, 6.45) is 0.610. The van der Waals surface area contributed by atoms with E-state index in [1.165, 1.54) is 0 Å². The number of rotatable bonds is 6. The molecule has 31 heavy (non-hydrogen) atoms. The predicted molar refractivity (Wildman–Crippen MR) is 122 cm³/mol. The van der Waals surface area contributed by atoms with Gasteiger partial charge in [0, 0.05) is 36.6 Å². The first-order valence-corrected chi connectivity index (χ1v) is 10.1. The monoisotopic (exact) mass is 415 g/mol. The summed E-state index contributed by atoms with van der Waals surface area (Å²) in [5, 5.41) is 0. The summed E-state index contributed by atoms with van der Waals surface area (Å²) in [4.78, 5) is 30.8. The zero-order valence-electron chi connectivity index (χ0n) is 18.2. The summed E-state index contributed by atoms with van der Waals surface area (Å²) in [6.45, 7) is 11.6. The molecule has 1 aromatic heterocycles. The molecule has 3 rings (SSSR count). The molecule has 1 amide bonds. The van der Waals surface area contributed by atoms with Crippen molar-refractivity contribution in [1.29, 1.82) is 0 Å². The summed E-state index contributed by atoms with van der Waals surface area (Å²) < 4.78 is 6.99. The minimum Gasteiger partial charge on any atom is -0.461 e. The number of amides is 1. The van der Waals surface area contributed by atoms with Gasteiger partial charge in [-0.25, -0.2) is 9.64 Å². The van der Waals surface area contributed by atoms with Crippen LogP contribution >= 0.6 is 0 Å². The van der Waals surface area contributed by atoms with E-state index in [-0.39, 0.29) is 12.5 Å². The molecule has 0 bridgehead atoms. The third-order valence-electron chi connectivity index (χ3n) is 5.27. The molecule has 2 aromatic carbocycles. The van der Waals surface area contributed by atoms with Crippen molar-refractivity contribution in [3.8, 4) is 11.1 Å². The minimum atomic E-state index is -0.464. The van der Waals surface area contributed by atoms with Crippen molar-refractivity contribution in [2.75, 3.05) is 18.6 Å². The van der Waals surface area contributed by atoms with Crippen LogP contribution in [0.4, 0.5) is 11.4 Å². The lowest BCUT2D eigenvalue weighted by Gasteiger charge is -2.17. The molecule has 0 radical (unpaired) electrons. The zero-order valence-corrected chi connectivity index (χ0v) is 18.2. The highest BCUT2D eigenvalue weighted by molar-refractivity contribution is 6.06. The average Bonchev–Trinajstić information content (AvgIpc) is 3.10. The number of carbonyl (C=O) groups is 2. The lowest BCUT2D eigenvalue weighted by molar-refractivity contribution is 0.0516. The van der Waals surface area contributed by atoms with Gasteiger partial charge in [0.25, 0.3) is 5.91 Å². The first-order chi connectivity index (χ1) is 14.9. The number of ether oxygens (including phenoxy) is 1. The van der Waals surface area contributed by atoms with Crippen molar-refractivity contribution in [2.45, 2.75) is 20.3 Å². The summed E-state index contributed by atoms with van der Waals surface area (Å²) in [5.74, 6) is -0.607. The Kier molecular flexibility index (Phi) is 6.56. The zero-order chi connectivity index (χ0) is 22.5. The lowest BCUT2D eigenvalue weighted by atomic mass is 10.0. The van der Waals surface area contributed by atoms with Gasteiger partial charge in [0.2, 0.25) is 5.69 Å². The number of nitrogens with zero attached hydrogens (tertiary/aromatic N) is 3. The maximum absolute atomic E-state index is 12.9. The second-order valence-corrected chi connectivity index (χ2v) is 7.04. The molecule has 0 unspecified atom stereocenters. The fourth-order valence-corrected chi connectivity index (χ4v) is 3.70. The lowest BCUT2D eigenvalue weighted by Crippen LogP contribution is -2.26. The molecule has 0 aliphatic heterocycles. The van der Waals surface area contributed by atoms with Crippen LogP contribution < -0.4 is 4.90 Å². The van der Waals surface area contributed by atoms with Crippen LogP contribution in [0.2, 0.25) is 0 Å². The number of anilines is 1. The minimum absolute atomic E-state index is 0.143. The molecule has 6 heteroatoms. The van der Waals surface area contributed by atoms with Gasteiger partial charge < -0.3 is 14.2 Å². The van der Waals surface area contributed by atoms with Crippen LogP contribution in [0.3, 0.4) is 0 Å². The van der Waals surface area contributed by atoms with E-state index >= 15 is 0 Å². The Balaban J connectivity index is 2.04. The van der Waals surface area contributed by atoms with E-state index in [0.717, 1.165) is 11.4 Å². The largest absolute Gasteiger partial charge is 0.461 e. The van der Waals surface area contributed by atoms with E-state index in [0.29, 0.717) is 34.5 Å². The number of hydrogen-bond donors (Lipinski definition) is 0. The second-order valence-electron chi connectivity index (χ2n) is 7.04. The van der Waals surface area contributed by atoms with E-state index in [4.69, 9.17) is 11.3 Å². The van der Waals surface area contributed by atoms with Gasteiger partial charge in [0.15, 0.2) is 0 Å². The molecule has 0 saturated carbocycles. The van der Waals surface area contributed by atoms with Gasteiger partial charge in [-0.3, -0.25) is 4.79 Å². The second kappa shape index (κ2) is 9.31. The Labute approximate surface area is 182 Å². The number of esters is 1. The average molecular weight is 415 g/mol. The SMILES string of the molecule is [C-]#[N+]c1c(-c2ccc(C(=O)N(C)c3ccccc3)cc2)c(C(=O)OCC)n(C)c1CC. The van der Waals surface area contributed by atoms with Crippen LogP contribution in [0.5, 0.6) is 0 Å². The summed E-state index contributed by atoms with van der Waals surface area (Å²) in [7, 11) is 3.50. The Bertz CT molecular complexity index is 1140. The molecule has 0 saturated heterocycles. The standard InChI is InChI=1S/C25H25N3O3/c1-6-20-22(26-3)21(23(28(20)5)25(30)31-7-2)17-13-15-18(16-14-17)24(29)27(4)19-11-9-8-10-12-19/h8-16H,6-7H2,1-2,4-5H3. The topological polar surface area (TPSA) is 55.9 Å². The Morgan fingerprint density at radius 1 is 1.06 bits per heavy atom. The fourth-order valence-electron chi connectivity index (χ4n) is 3.70. The Morgan fingerprint density at radius 3 is 2.26 bits per heavy atom. The maximum Gasteiger partial charge on any atom is 0.354 e. The molecule has 0 spiro atoms. The van der Waals surface area contributed by atoms with Gasteiger partial charge in [-0.1, -0.05) is 37.3 Å². The van der Waals surface area contributed by atoms with Gasteiger partial charge in [-0.2, -0.15) is 0 Å². The van der Waals surface area contributed by atoms with Crippen LogP contribution in [-0.4, -0.2) is 30.1 Å². The number of para-hydroxylation sites is 1. The van der Waals surface area contributed by atoms with Crippen molar-refractivity contribution < 1.29 is 14.3 Å². The molecule has 1 heterocycles. The predicted octanol–water partition coefficient (Wildman–Crippen LogP) is 5.26. The van der Waals surface area contributed by atoms with E-state index < -0.39 is 5.97 Å². The third kappa shape index (κ3) is 4.08. The Hall–Kier alpha value is -3.85. The number of aromatic nitrogens is 1. The van der Waals surface area contributed by atoms with E-state index in [2.05, 4.69) is 4.85 Å². The molecule has 3 aromatic rings. The van der Waals surface area contributed by atoms with Crippen molar-refractivity contribution >= 4 is 23.3 Å². The van der Waals surface area contributed by atoms with Crippen LogP contribution in [0.1, 0.15) is 40.4 Å². The number of carbonyl (C=O) groups excluding carboxylic acids is 2. The van der Waals surface area contributed by atoms with E-state index in [9.17, 15) is 9.59 Å². The van der Waals surface area contributed by atoms with Gasteiger partial charge in [-0.15, -0.1) is 0 Å². The third-order valence-corrected chi connectivity index (χ3v) is 5.27. The molecule has 0 N–H and O–H groups in total. The molecular weight excluding hydrogens is 390 g/mol. The normalized spacial score (nSPS) is 10.4. The van der Waals surface area contributed by atoms with Crippen molar-refractivity contribution in [3.63, 3.8) is 0 Å². The summed E-state index contributed by atoms with van der Waals surface area (Å²) in [6, 6.07) is 16.4. The summed E-state index contributed by atoms with van der Waals surface area (Å²) in [5.41, 5.74) is 4.12. The van der Waals surface area contributed by atoms with E-state index in [1.807, 2.05) is 37.3 Å². The highest BCUT2D eigenvalue weighted by Gasteiger charge is 2.27. The van der Waals surface area contributed by atoms with Crippen LogP contribution in [-0.2, 0) is 18.2 Å². The van der Waals surface area contributed by atoms with Crippen molar-refractivity contribution in [2.24, 2.45) is 7.05 Å². The molecule has 158 valence electrons. The highest BCUT2D eigenvalue weighted by Crippen LogP contribution is 2.39. The maximum atomic E-state index is 12.9. The molecule has 0 aliphatic carbocycles. The molecule has 0 atom stereocenters. The van der Waals surface area contributed by atoms with Crippen LogP contribution in [0.25, 0.3) is 16.0 Å². The van der Waals surface area contributed by atoms with Crippen LogP contribution in [0.15, 0.2) is 54.6 Å². The van der Waals surface area contributed by atoms with E-state index in [1.54, 1.807) is 54.8 Å². The fraction of sp³-hybridized carbons (Fsp3) is 0.240. The van der Waals surface area contributed by atoms with Gasteiger partial charge in [-0.05, 0) is 43.2 Å². The number of hydrogen-bond acceptors (Lipinski definition) is 3. The van der Waals surface area contributed by atoms with Crippen molar-refractivity contribution in [3.05, 3.63) is 83.0 Å². The smallest absolute Gasteiger partial charge is 0.354 e. The summed E-state index contributed by atoms with van der Waals surface area (Å²) >= 11 is 0. The molecule has 0 aliphatic rings. The molecule has 0 fully saturated rings.